The van der Waals surface area contributed by atoms with Crippen molar-refractivity contribution in [2.75, 3.05) is 6.61 Å². The predicted molar refractivity (Wildman–Crippen MR) is 71.9 cm³/mol. The highest BCUT2D eigenvalue weighted by Gasteiger charge is 2.22. The van der Waals surface area contributed by atoms with E-state index < -0.39 is 0 Å². The van der Waals surface area contributed by atoms with Crippen molar-refractivity contribution >= 4 is 0 Å². The zero-order valence-corrected chi connectivity index (χ0v) is 10.9. The molecule has 2 atom stereocenters. The van der Waals surface area contributed by atoms with Gasteiger partial charge in [0.25, 0.3) is 0 Å². The van der Waals surface area contributed by atoms with Gasteiger partial charge in [0, 0.05) is 6.42 Å². The minimum Gasteiger partial charge on any atom is -0.493 e. The van der Waals surface area contributed by atoms with Crippen molar-refractivity contribution in [3.8, 4) is 5.75 Å². The summed E-state index contributed by atoms with van der Waals surface area (Å²) in [6, 6.07) is 6.58. The lowest BCUT2D eigenvalue weighted by molar-refractivity contribution is 0.0655. The Hall–Kier alpha value is -1.02. The maximum atomic E-state index is 9.98. The van der Waals surface area contributed by atoms with E-state index in [-0.39, 0.29) is 6.10 Å². The van der Waals surface area contributed by atoms with E-state index in [2.05, 4.69) is 18.2 Å². The van der Waals surface area contributed by atoms with Gasteiger partial charge >= 0.3 is 0 Å². The molecule has 98 valence electrons. The first-order valence-electron chi connectivity index (χ1n) is 7.25. The summed E-state index contributed by atoms with van der Waals surface area (Å²) >= 11 is 0. The predicted octanol–water partition coefficient (Wildman–Crippen LogP) is 3.11. The molecule has 2 unspecified atom stereocenters. The summed E-state index contributed by atoms with van der Waals surface area (Å²) in [4.78, 5) is 0. The zero-order valence-electron chi connectivity index (χ0n) is 10.9. The number of rotatable bonds is 3. The molecular formula is C16H22O2. The van der Waals surface area contributed by atoms with Gasteiger partial charge < -0.3 is 9.84 Å². The van der Waals surface area contributed by atoms with Gasteiger partial charge in [-0.1, -0.05) is 25.0 Å². The lowest BCUT2D eigenvalue weighted by atomic mass is 9.83. The molecular weight excluding hydrogens is 224 g/mol. The van der Waals surface area contributed by atoms with Gasteiger partial charge in [-0.25, -0.2) is 0 Å². The van der Waals surface area contributed by atoms with Gasteiger partial charge in [0.1, 0.15) is 5.75 Å². The number of aryl methyl sites for hydroxylation is 1. The van der Waals surface area contributed by atoms with Crippen LogP contribution in [0.3, 0.4) is 0 Å². The molecule has 2 heteroatoms. The Morgan fingerprint density at radius 3 is 3.00 bits per heavy atom. The fourth-order valence-corrected chi connectivity index (χ4v) is 3.27. The second-order valence-corrected chi connectivity index (χ2v) is 5.69. The third-order valence-electron chi connectivity index (χ3n) is 4.43. The van der Waals surface area contributed by atoms with E-state index in [1.807, 2.05) is 0 Å². The summed E-state index contributed by atoms with van der Waals surface area (Å²) in [5, 5.41) is 9.98. The van der Waals surface area contributed by atoms with Gasteiger partial charge in [-0.2, -0.15) is 0 Å². The quantitative estimate of drug-likeness (QED) is 0.888. The molecule has 3 rings (SSSR count). The highest BCUT2D eigenvalue weighted by Crippen LogP contribution is 2.30. The molecule has 0 saturated heterocycles. The van der Waals surface area contributed by atoms with Crippen molar-refractivity contribution in [3.63, 3.8) is 0 Å². The first-order chi connectivity index (χ1) is 8.83. The number of hydrogen-bond donors (Lipinski definition) is 1. The van der Waals surface area contributed by atoms with Crippen molar-refractivity contribution in [2.24, 2.45) is 5.92 Å². The molecule has 0 spiro atoms. The van der Waals surface area contributed by atoms with Crippen LogP contribution in [0.4, 0.5) is 0 Å². The van der Waals surface area contributed by atoms with Crippen LogP contribution in [-0.4, -0.2) is 17.8 Å². The Balaban J connectivity index is 1.59. The SMILES string of the molecule is OC1CCCCC1CCc1ccc2c(c1)CCO2. The van der Waals surface area contributed by atoms with E-state index in [9.17, 15) is 5.11 Å². The van der Waals surface area contributed by atoms with Crippen LogP contribution in [0.5, 0.6) is 5.75 Å². The molecule has 1 N–H and O–H groups in total. The molecule has 1 fully saturated rings. The normalized spacial score (nSPS) is 26.7. The fourth-order valence-electron chi connectivity index (χ4n) is 3.27. The van der Waals surface area contributed by atoms with Crippen LogP contribution in [0.2, 0.25) is 0 Å². The highest BCUT2D eigenvalue weighted by atomic mass is 16.5. The van der Waals surface area contributed by atoms with Crippen molar-refractivity contribution in [1.82, 2.24) is 0 Å². The lowest BCUT2D eigenvalue weighted by Gasteiger charge is -2.27. The number of ether oxygens (including phenoxy) is 1. The fraction of sp³-hybridized carbons (Fsp3) is 0.625. The molecule has 0 aromatic heterocycles. The summed E-state index contributed by atoms with van der Waals surface area (Å²) in [6.07, 6.45) is 7.91. The van der Waals surface area contributed by atoms with Crippen molar-refractivity contribution in [2.45, 2.75) is 51.0 Å². The highest BCUT2D eigenvalue weighted by molar-refractivity contribution is 5.39. The molecule has 1 heterocycles. The van der Waals surface area contributed by atoms with E-state index >= 15 is 0 Å². The van der Waals surface area contributed by atoms with Crippen LogP contribution in [0, 0.1) is 5.92 Å². The van der Waals surface area contributed by atoms with Crippen molar-refractivity contribution in [1.29, 1.82) is 0 Å². The summed E-state index contributed by atoms with van der Waals surface area (Å²) in [6.45, 7) is 0.833. The lowest BCUT2D eigenvalue weighted by Crippen LogP contribution is -2.24. The number of aliphatic hydroxyl groups excluding tert-OH is 1. The molecule has 1 aromatic rings. The maximum Gasteiger partial charge on any atom is 0.122 e. The molecule has 1 aliphatic carbocycles. The van der Waals surface area contributed by atoms with Crippen LogP contribution < -0.4 is 4.74 Å². The van der Waals surface area contributed by atoms with Gasteiger partial charge in [0.15, 0.2) is 0 Å². The third-order valence-corrected chi connectivity index (χ3v) is 4.43. The van der Waals surface area contributed by atoms with Gasteiger partial charge in [-0.15, -0.1) is 0 Å². The second kappa shape index (κ2) is 5.31. The molecule has 1 aromatic carbocycles. The standard InChI is InChI=1S/C16H22O2/c17-15-4-2-1-3-13(15)7-5-12-6-8-16-14(11-12)9-10-18-16/h6,8,11,13,15,17H,1-5,7,9-10H2. The second-order valence-electron chi connectivity index (χ2n) is 5.69. The molecule has 0 radical (unpaired) electrons. The van der Waals surface area contributed by atoms with Crippen LogP contribution in [-0.2, 0) is 12.8 Å². The zero-order chi connectivity index (χ0) is 12.4. The Kier molecular flexibility index (Phi) is 3.55. The number of fused-ring (bicyclic) bond motifs is 1. The Morgan fingerprint density at radius 2 is 2.11 bits per heavy atom. The number of benzene rings is 1. The molecule has 1 saturated carbocycles. The average Bonchev–Trinajstić information content (AvgIpc) is 2.85. The van der Waals surface area contributed by atoms with E-state index in [1.165, 1.54) is 30.4 Å². The Bertz CT molecular complexity index is 414. The first kappa shape index (κ1) is 12.0. The summed E-state index contributed by atoms with van der Waals surface area (Å²) < 4.78 is 5.52. The average molecular weight is 246 g/mol. The maximum absolute atomic E-state index is 9.98. The summed E-state index contributed by atoms with van der Waals surface area (Å²) in [5.74, 6) is 1.58. The Morgan fingerprint density at radius 1 is 1.22 bits per heavy atom. The Labute approximate surface area is 109 Å². The van der Waals surface area contributed by atoms with Gasteiger partial charge in [-0.3, -0.25) is 0 Å². The van der Waals surface area contributed by atoms with E-state index in [4.69, 9.17) is 4.74 Å². The summed E-state index contributed by atoms with van der Waals surface area (Å²) in [7, 11) is 0. The smallest absolute Gasteiger partial charge is 0.122 e. The summed E-state index contributed by atoms with van der Waals surface area (Å²) in [5.41, 5.74) is 2.76. The third kappa shape index (κ3) is 2.54. The minimum atomic E-state index is -0.0588. The van der Waals surface area contributed by atoms with E-state index in [0.717, 1.165) is 38.0 Å². The van der Waals surface area contributed by atoms with Crippen LogP contribution in [0.25, 0.3) is 0 Å². The molecule has 2 aliphatic rings. The monoisotopic (exact) mass is 246 g/mol. The first-order valence-corrected chi connectivity index (χ1v) is 7.25. The molecule has 2 nitrogen and oxygen atoms in total. The number of hydrogen-bond acceptors (Lipinski definition) is 2. The molecule has 0 bridgehead atoms. The van der Waals surface area contributed by atoms with Crippen molar-refractivity contribution < 1.29 is 9.84 Å². The molecule has 0 amide bonds. The van der Waals surface area contributed by atoms with E-state index in [0.29, 0.717) is 5.92 Å². The largest absolute Gasteiger partial charge is 0.493 e. The van der Waals surface area contributed by atoms with Gasteiger partial charge in [-0.05, 0) is 48.8 Å². The molecule has 1 aliphatic heterocycles. The molecule has 18 heavy (non-hydrogen) atoms. The van der Waals surface area contributed by atoms with Crippen LogP contribution >= 0.6 is 0 Å². The van der Waals surface area contributed by atoms with Crippen molar-refractivity contribution in [3.05, 3.63) is 29.3 Å². The van der Waals surface area contributed by atoms with Gasteiger partial charge in [0.2, 0.25) is 0 Å². The van der Waals surface area contributed by atoms with Crippen LogP contribution in [0.15, 0.2) is 18.2 Å². The van der Waals surface area contributed by atoms with E-state index in [1.54, 1.807) is 0 Å². The number of aliphatic hydroxyl groups is 1. The topological polar surface area (TPSA) is 29.5 Å². The minimum absolute atomic E-state index is 0.0588. The van der Waals surface area contributed by atoms with Gasteiger partial charge in [0.05, 0.1) is 12.7 Å². The van der Waals surface area contributed by atoms with Crippen LogP contribution in [0.1, 0.15) is 43.2 Å².